The molecule has 2 aliphatic heterocycles. The average molecular weight is 550 g/mol. The lowest BCUT2D eigenvalue weighted by molar-refractivity contribution is -0.138. The van der Waals surface area contributed by atoms with Gasteiger partial charge in [0.05, 0.1) is 12.1 Å². The lowest BCUT2D eigenvalue weighted by Gasteiger charge is -2.26. The molecule has 3 unspecified atom stereocenters. The highest BCUT2D eigenvalue weighted by molar-refractivity contribution is 5.91. The number of aryl methyl sites for hydroxylation is 1. The predicted molar refractivity (Wildman–Crippen MR) is 153 cm³/mol. The molecule has 2 amide bonds. The van der Waals surface area contributed by atoms with Crippen molar-refractivity contribution in [2.24, 2.45) is 5.41 Å². The normalized spacial score (nSPS) is 22.8. The van der Waals surface area contributed by atoms with Crippen molar-refractivity contribution >= 4 is 17.8 Å². The van der Waals surface area contributed by atoms with E-state index in [0.29, 0.717) is 25.8 Å². The summed E-state index contributed by atoms with van der Waals surface area (Å²) in [6, 6.07) is 19.1. The fraction of sp³-hybridized carbons (Fsp3) is 0.531. The van der Waals surface area contributed by atoms with Crippen molar-refractivity contribution < 1.29 is 24.0 Å². The van der Waals surface area contributed by atoms with E-state index < -0.39 is 24.6 Å². The standard InChI is InChI=1S/C32H43N3O5/c1-5-6-19-26(29(37)30-35(40-30)23(2)25-17-11-8-12-18-25)33-31(38)39-28-21-32(3,4)22-34(28)27(36)20-13-16-24-14-9-7-10-15-24/h7-12,14-15,17-18,23,26,28,30H,5-6,13,16,19-22H2,1-4H3,(H,33,38)/t23-,26+,28?,30?,35?/m1/s1. The fourth-order valence-electron chi connectivity index (χ4n) is 5.40. The molecule has 2 saturated heterocycles. The van der Waals surface area contributed by atoms with Crippen LogP contribution >= 0.6 is 0 Å². The lowest BCUT2D eigenvalue weighted by atomic mass is 9.93. The second kappa shape index (κ2) is 13.4. The maximum atomic E-state index is 13.3. The highest BCUT2D eigenvalue weighted by atomic mass is 16.8. The van der Waals surface area contributed by atoms with Gasteiger partial charge in [-0.25, -0.2) is 4.79 Å². The van der Waals surface area contributed by atoms with E-state index in [-0.39, 0.29) is 23.1 Å². The quantitative estimate of drug-likeness (QED) is 0.319. The second-order valence-corrected chi connectivity index (χ2v) is 11.7. The number of ether oxygens (including phenoxy) is 1. The summed E-state index contributed by atoms with van der Waals surface area (Å²) in [5, 5.41) is 4.46. The van der Waals surface area contributed by atoms with E-state index in [1.165, 1.54) is 5.56 Å². The van der Waals surface area contributed by atoms with Crippen LogP contribution in [0.3, 0.4) is 0 Å². The van der Waals surface area contributed by atoms with Gasteiger partial charge >= 0.3 is 6.09 Å². The van der Waals surface area contributed by atoms with E-state index in [9.17, 15) is 14.4 Å². The zero-order valence-electron chi connectivity index (χ0n) is 24.2. The molecule has 2 fully saturated rings. The summed E-state index contributed by atoms with van der Waals surface area (Å²) in [5.74, 6) is -0.205. The number of alkyl carbamates (subject to hydrolysis) is 1. The van der Waals surface area contributed by atoms with Gasteiger partial charge in [-0.2, -0.15) is 0 Å². The van der Waals surface area contributed by atoms with E-state index in [4.69, 9.17) is 9.57 Å². The van der Waals surface area contributed by atoms with Gasteiger partial charge in [0.2, 0.25) is 17.9 Å². The Bertz CT molecular complexity index is 1140. The van der Waals surface area contributed by atoms with Crippen LogP contribution in [0.15, 0.2) is 60.7 Å². The molecule has 0 saturated carbocycles. The van der Waals surface area contributed by atoms with Crippen LogP contribution in [0, 0.1) is 5.41 Å². The molecule has 2 heterocycles. The number of nitrogens with one attached hydrogen (secondary N) is 1. The minimum atomic E-state index is -0.727. The number of rotatable bonds is 13. The maximum Gasteiger partial charge on any atom is 0.409 e. The molecule has 8 nitrogen and oxygen atoms in total. The molecular weight excluding hydrogens is 506 g/mol. The van der Waals surface area contributed by atoms with Gasteiger partial charge < -0.3 is 15.0 Å². The van der Waals surface area contributed by atoms with Crippen LogP contribution in [-0.4, -0.2) is 52.8 Å². The Hall–Kier alpha value is -3.23. The van der Waals surface area contributed by atoms with Crippen molar-refractivity contribution in [3.05, 3.63) is 71.8 Å². The number of carbonyl (C=O) groups excluding carboxylic acids is 3. The number of likely N-dealkylation sites (tertiary alicyclic amines) is 1. The van der Waals surface area contributed by atoms with E-state index in [1.807, 2.05) is 62.4 Å². The summed E-state index contributed by atoms with van der Waals surface area (Å²) in [4.78, 5) is 46.9. The van der Waals surface area contributed by atoms with Crippen LogP contribution in [0.2, 0.25) is 0 Å². The minimum absolute atomic E-state index is 0.0187. The highest BCUT2D eigenvalue weighted by Gasteiger charge is 2.49. The number of amides is 2. The second-order valence-electron chi connectivity index (χ2n) is 11.7. The number of nitrogens with zero attached hydrogens (tertiary/aromatic N) is 2. The summed E-state index contributed by atoms with van der Waals surface area (Å²) in [6.07, 6.45) is 2.60. The molecule has 2 aromatic carbocycles. The highest BCUT2D eigenvalue weighted by Crippen LogP contribution is 2.36. The van der Waals surface area contributed by atoms with Crippen LogP contribution in [0.4, 0.5) is 4.79 Å². The van der Waals surface area contributed by atoms with Crippen LogP contribution in [-0.2, 0) is 25.6 Å². The Labute approximate surface area is 238 Å². The zero-order valence-corrected chi connectivity index (χ0v) is 24.2. The first-order chi connectivity index (χ1) is 19.2. The topological polar surface area (TPSA) is 91.3 Å². The summed E-state index contributed by atoms with van der Waals surface area (Å²) < 4.78 is 5.80. The number of ketones is 1. The Kier molecular flexibility index (Phi) is 9.98. The first-order valence-electron chi connectivity index (χ1n) is 14.5. The molecule has 2 aliphatic rings. The summed E-state index contributed by atoms with van der Waals surface area (Å²) in [7, 11) is 0. The van der Waals surface area contributed by atoms with Crippen LogP contribution in [0.5, 0.6) is 0 Å². The molecule has 0 aromatic heterocycles. The number of carbonyl (C=O) groups is 3. The lowest BCUT2D eigenvalue weighted by Crippen LogP contribution is -2.47. The summed E-state index contributed by atoms with van der Waals surface area (Å²) >= 11 is 0. The van der Waals surface area contributed by atoms with Crippen molar-refractivity contribution in [3.8, 4) is 0 Å². The molecule has 0 aliphatic carbocycles. The molecule has 8 heteroatoms. The molecular formula is C32H43N3O5. The monoisotopic (exact) mass is 549 g/mol. The van der Waals surface area contributed by atoms with Crippen LogP contribution in [0.25, 0.3) is 0 Å². The molecule has 4 rings (SSSR count). The number of hydroxylamine groups is 2. The molecule has 0 bridgehead atoms. The van der Waals surface area contributed by atoms with E-state index in [1.54, 1.807) is 9.96 Å². The van der Waals surface area contributed by atoms with Gasteiger partial charge in [0.1, 0.15) is 0 Å². The minimum Gasteiger partial charge on any atom is -0.425 e. The van der Waals surface area contributed by atoms with Gasteiger partial charge in [0.25, 0.3) is 0 Å². The van der Waals surface area contributed by atoms with Crippen LogP contribution < -0.4 is 5.32 Å². The summed E-state index contributed by atoms with van der Waals surface area (Å²) in [5.41, 5.74) is 2.07. The van der Waals surface area contributed by atoms with E-state index in [2.05, 4.69) is 31.3 Å². The number of Topliss-reactive ketones (excluding diaryl/α,β-unsaturated/α-hetero) is 1. The SMILES string of the molecule is CCCC[C@H](NC(=O)OC1CC(C)(C)CN1C(=O)CCCc1ccccc1)C(=O)C1ON1[C@H](C)c1ccccc1. The Morgan fingerprint density at radius 3 is 2.40 bits per heavy atom. The Balaban J connectivity index is 1.33. The van der Waals surface area contributed by atoms with Crippen molar-refractivity contribution in [2.75, 3.05) is 6.54 Å². The molecule has 0 spiro atoms. The van der Waals surface area contributed by atoms with Gasteiger partial charge in [-0.3, -0.25) is 14.4 Å². The Morgan fingerprint density at radius 2 is 1.73 bits per heavy atom. The maximum absolute atomic E-state index is 13.3. The predicted octanol–water partition coefficient (Wildman–Crippen LogP) is 5.78. The molecule has 1 N–H and O–H groups in total. The van der Waals surface area contributed by atoms with Gasteiger partial charge in [-0.05, 0) is 42.7 Å². The number of benzene rings is 2. The average Bonchev–Trinajstić information content (AvgIpc) is 3.68. The zero-order chi connectivity index (χ0) is 28.7. The summed E-state index contributed by atoms with van der Waals surface area (Å²) in [6.45, 7) is 8.69. The number of unbranched alkanes of at least 4 members (excludes halogenated alkanes) is 1. The van der Waals surface area contributed by atoms with Crippen LogP contribution in [0.1, 0.15) is 83.4 Å². The van der Waals surface area contributed by atoms with E-state index in [0.717, 1.165) is 31.2 Å². The molecule has 40 heavy (non-hydrogen) atoms. The van der Waals surface area contributed by atoms with Gasteiger partial charge in [0.15, 0.2) is 6.23 Å². The third-order valence-electron chi connectivity index (χ3n) is 7.73. The van der Waals surface area contributed by atoms with Crippen molar-refractivity contribution in [3.63, 3.8) is 0 Å². The smallest absolute Gasteiger partial charge is 0.409 e. The molecule has 5 atom stereocenters. The first-order valence-corrected chi connectivity index (χ1v) is 14.5. The third kappa shape index (κ3) is 7.92. The van der Waals surface area contributed by atoms with Crippen molar-refractivity contribution in [2.45, 2.75) is 97.2 Å². The molecule has 216 valence electrons. The first kappa shape index (κ1) is 29.7. The molecule has 2 aromatic rings. The van der Waals surface area contributed by atoms with E-state index >= 15 is 0 Å². The molecule has 0 radical (unpaired) electrons. The van der Waals surface area contributed by atoms with Crippen molar-refractivity contribution in [1.82, 2.24) is 15.3 Å². The largest absolute Gasteiger partial charge is 0.425 e. The van der Waals surface area contributed by atoms with Gasteiger partial charge in [-0.1, -0.05) is 94.3 Å². The number of hydrogen-bond acceptors (Lipinski definition) is 6. The van der Waals surface area contributed by atoms with Gasteiger partial charge in [-0.15, -0.1) is 5.06 Å². The third-order valence-corrected chi connectivity index (χ3v) is 7.73. The van der Waals surface area contributed by atoms with Crippen molar-refractivity contribution in [1.29, 1.82) is 0 Å². The Morgan fingerprint density at radius 1 is 1.05 bits per heavy atom. The number of hydrogen-bond donors (Lipinski definition) is 1. The fourth-order valence-corrected chi connectivity index (χ4v) is 5.40. The van der Waals surface area contributed by atoms with Gasteiger partial charge in [0, 0.05) is 19.4 Å².